The van der Waals surface area contributed by atoms with E-state index in [0.717, 1.165) is 16.7 Å². The van der Waals surface area contributed by atoms with Crippen LogP contribution >= 0.6 is 0 Å². The summed E-state index contributed by atoms with van der Waals surface area (Å²) >= 11 is 0. The molecule has 0 radical (unpaired) electrons. The third-order valence-electron chi connectivity index (χ3n) is 3.85. The van der Waals surface area contributed by atoms with Gasteiger partial charge in [0.1, 0.15) is 11.5 Å². The first-order valence-electron chi connectivity index (χ1n) is 8.12. The number of benzene rings is 2. The zero-order chi connectivity index (χ0) is 19.1. The van der Waals surface area contributed by atoms with Crippen LogP contribution in [0.15, 0.2) is 42.5 Å². The molecule has 0 fully saturated rings. The fraction of sp³-hybridized carbons (Fsp3) is 0.238. The van der Waals surface area contributed by atoms with Gasteiger partial charge in [0, 0.05) is 5.56 Å². The van der Waals surface area contributed by atoms with Crippen molar-refractivity contribution < 1.29 is 23.8 Å². The predicted molar refractivity (Wildman–Crippen MR) is 99.8 cm³/mol. The molecule has 0 N–H and O–H groups in total. The molecule has 0 bridgehead atoms. The highest BCUT2D eigenvalue weighted by Gasteiger charge is 2.09. The number of allylic oxidation sites excluding steroid dienone is 1. The summed E-state index contributed by atoms with van der Waals surface area (Å²) in [5.41, 5.74) is 3.23. The molecule has 2 aromatic carbocycles. The molecule has 0 spiro atoms. The van der Waals surface area contributed by atoms with E-state index in [9.17, 15) is 9.59 Å². The van der Waals surface area contributed by atoms with Crippen molar-refractivity contribution in [2.75, 3.05) is 20.8 Å². The summed E-state index contributed by atoms with van der Waals surface area (Å²) in [7, 11) is 2.90. The number of ether oxygens (including phenoxy) is 3. The number of ketones is 1. The molecule has 2 aromatic rings. The SMILES string of the molecule is COC(=O)COc1c(C)cc(C=CC(=O)c2ccc(OC)cc2)cc1C. The lowest BCUT2D eigenvalue weighted by Gasteiger charge is -2.12. The maximum atomic E-state index is 12.3. The summed E-state index contributed by atoms with van der Waals surface area (Å²) in [5.74, 6) is 0.834. The van der Waals surface area contributed by atoms with Gasteiger partial charge in [-0.25, -0.2) is 4.79 Å². The molecular weight excluding hydrogens is 332 g/mol. The smallest absolute Gasteiger partial charge is 0.343 e. The molecule has 5 heteroatoms. The predicted octanol–water partition coefficient (Wildman–Crippen LogP) is 3.76. The second-order valence-electron chi connectivity index (χ2n) is 5.77. The average molecular weight is 354 g/mol. The van der Waals surface area contributed by atoms with E-state index in [4.69, 9.17) is 9.47 Å². The van der Waals surface area contributed by atoms with Crippen LogP contribution in [0.1, 0.15) is 27.0 Å². The molecular formula is C21H22O5. The Bertz CT molecular complexity index is 796. The highest BCUT2D eigenvalue weighted by atomic mass is 16.6. The summed E-state index contributed by atoms with van der Waals surface area (Å²) < 4.78 is 15.2. The Morgan fingerprint density at radius 3 is 2.15 bits per heavy atom. The van der Waals surface area contributed by atoms with Gasteiger partial charge in [-0.2, -0.15) is 0 Å². The van der Waals surface area contributed by atoms with E-state index in [0.29, 0.717) is 17.1 Å². The van der Waals surface area contributed by atoms with Gasteiger partial charge in [-0.1, -0.05) is 6.08 Å². The van der Waals surface area contributed by atoms with Gasteiger partial charge in [0.05, 0.1) is 14.2 Å². The number of esters is 1. The van der Waals surface area contributed by atoms with Gasteiger partial charge in [0.15, 0.2) is 12.4 Å². The van der Waals surface area contributed by atoms with Crippen LogP contribution < -0.4 is 9.47 Å². The quantitative estimate of drug-likeness (QED) is 0.430. The molecule has 2 rings (SSSR count). The Balaban J connectivity index is 2.12. The van der Waals surface area contributed by atoms with Crippen LogP contribution in [0, 0.1) is 13.8 Å². The highest BCUT2D eigenvalue weighted by molar-refractivity contribution is 6.06. The second-order valence-corrected chi connectivity index (χ2v) is 5.77. The molecule has 0 heterocycles. The minimum atomic E-state index is -0.433. The van der Waals surface area contributed by atoms with Gasteiger partial charge < -0.3 is 14.2 Å². The minimum absolute atomic E-state index is 0.0889. The Hall–Kier alpha value is -3.08. The van der Waals surface area contributed by atoms with Crippen LogP contribution in [0.4, 0.5) is 0 Å². The maximum absolute atomic E-state index is 12.3. The molecule has 0 aliphatic rings. The fourth-order valence-electron chi connectivity index (χ4n) is 2.52. The van der Waals surface area contributed by atoms with Gasteiger partial charge in [-0.05, 0) is 73.0 Å². The molecule has 0 saturated carbocycles. The van der Waals surface area contributed by atoms with Crippen molar-refractivity contribution in [1.29, 1.82) is 0 Å². The van der Waals surface area contributed by atoms with E-state index in [1.54, 1.807) is 37.5 Å². The number of carbonyl (C=O) groups excluding carboxylic acids is 2. The second kappa shape index (κ2) is 8.85. The molecule has 0 amide bonds. The summed E-state index contributed by atoms with van der Waals surface area (Å²) in [6, 6.07) is 10.8. The molecule has 26 heavy (non-hydrogen) atoms. The lowest BCUT2D eigenvalue weighted by molar-refractivity contribution is -0.142. The van der Waals surface area contributed by atoms with Crippen molar-refractivity contribution in [2.24, 2.45) is 0 Å². The number of hydrogen-bond acceptors (Lipinski definition) is 5. The number of hydrogen-bond donors (Lipinski definition) is 0. The molecule has 0 unspecified atom stereocenters. The van der Waals surface area contributed by atoms with Crippen molar-refractivity contribution in [3.05, 3.63) is 64.7 Å². The molecule has 0 aromatic heterocycles. The van der Waals surface area contributed by atoms with Gasteiger partial charge in [0.2, 0.25) is 0 Å². The van der Waals surface area contributed by atoms with E-state index in [2.05, 4.69) is 4.74 Å². The van der Waals surface area contributed by atoms with Crippen LogP contribution in [-0.4, -0.2) is 32.6 Å². The number of methoxy groups -OCH3 is 2. The lowest BCUT2D eigenvalue weighted by Crippen LogP contribution is -2.13. The molecule has 0 aliphatic carbocycles. The first-order valence-corrected chi connectivity index (χ1v) is 8.12. The van der Waals surface area contributed by atoms with Crippen LogP contribution in [0.5, 0.6) is 11.5 Å². The number of rotatable bonds is 7. The summed E-state index contributed by atoms with van der Waals surface area (Å²) in [4.78, 5) is 23.5. The van der Waals surface area contributed by atoms with Crippen molar-refractivity contribution >= 4 is 17.8 Å². The Kier molecular flexibility index (Phi) is 6.55. The van der Waals surface area contributed by atoms with Crippen molar-refractivity contribution in [2.45, 2.75) is 13.8 Å². The van der Waals surface area contributed by atoms with Crippen LogP contribution in [0.25, 0.3) is 6.08 Å². The summed E-state index contributed by atoms with van der Waals surface area (Å²) in [5, 5.41) is 0. The topological polar surface area (TPSA) is 61.8 Å². The lowest BCUT2D eigenvalue weighted by atomic mass is 10.0. The maximum Gasteiger partial charge on any atom is 0.343 e. The van der Waals surface area contributed by atoms with Gasteiger partial charge in [0.25, 0.3) is 0 Å². The molecule has 0 saturated heterocycles. The van der Waals surface area contributed by atoms with Crippen molar-refractivity contribution in [3.8, 4) is 11.5 Å². The average Bonchev–Trinajstić information content (AvgIpc) is 2.65. The van der Waals surface area contributed by atoms with E-state index < -0.39 is 5.97 Å². The first-order chi connectivity index (χ1) is 12.4. The zero-order valence-corrected chi connectivity index (χ0v) is 15.4. The molecule has 0 aliphatic heterocycles. The third-order valence-corrected chi connectivity index (χ3v) is 3.85. The standard InChI is InChI=1S/C21H22O5/c1-14-11-16(12-15(2)21(14)26-13-20(23)25-4)5-10-19(22)17-6-8-18(24-3)9-7-17/h5-12H,13H2,1-4H3. The Morgan fingerprint density at radius 1 is 1.00 bits per heavy atom. The van der Waals surface area contributed by atoms with E-state index in [1.807, 2.05) is 26.0 Å². The normalized spacial score (nSPS) is 10.6. The molecule has 136 valence electrons. The highest BCUT2D eigenvalue weighted by Crippen LogP contribution is 2.25. The molecule has 0 atom stereocenters. The monoisotopic (exact) mass is 354 g/mol. The van der Waals surface area contributed by atoms with Gasteiger partial charge in [-0.3, -0.25) is 4.79 Å². The van der Waals surface area contributed by atoms with Crippen molar-refractivity contribution in [3.63, 3.8) is 0 Å². The van der Waals surface area contributed by atoms with E-state index in [1.165, 1.54) is 13.2 Å². The van der Waals surface area contributed by atoms with Crippen LogP contribution in [-0.2, 0) is 9.53 Å². The Labute approximate surface area is 153 Å². The zero-order valence-electron chi connectivity index (χ0n) is 15.4. The van der Waals surface area contributed by atoms with Gasteiger partial charge >= 0.3 is 5.97 Å². The van der Waals surface area contributed by atoms with E-state index in [-0.39, 0.29) is 12.4 Å². The van der Waals surface area contributed by atoms with Crippen LogP contribution in [0.3, 0.4) is 0 Å². The first kappa shape index (κ1) is 19.2. The summed E-state index contributed by atoms with van der Waals surface area (Å²) in [6.45, 7) is 3.65. The van der Waals surface area contributed by atoms with Crippen LogP contribution in [0.2, 0.25) is 0 Å². The largest absolute Gasteiger partial charge is 0.497 e. The Morgan fingerprint density at radius 2 is 1.62 bits per heavy atom. The van der Waals surface area contributed by atoms with E-state index >= 15 is 0 Å². The van der Waals surface area contributed by atoms with Gasteiger partial charge in [-0.15, -0.1) is 0 Å². The molecule has 5 nitrogen and oxygen atoms in total. The minimum Gasteiger partial charge on any atom is -0.497 e. The summed E-state index contributed by atoms with van der Waals surface area (Å²) in [6.07, 6.45) is 3.29. The van der Waals surface area contributed by atoms with Crippen molar-refractivity contribution in [1.82, 2.24) is 0 Å². The fourth-order valence-corrected chi connectivity index (χ4v) is 2.52. The number of aryl methyl sites for hydroxylation is 2. The number of carbonyl (C=O) groups is 2. The third kappa shape index (κ3) is 4.96.